The van der Waals surface area contributed by atoms with Crippen molar-refractivity contribution in [3.63, 3.8) is 0 Å². The molecular weight excluding hydrogens is 452 g/mol. The van der Waals surface area contributed by atoms with E-state index in [1.807, 2.05) is 29.2 Å². The van der Waals surface area contributed by atoms with Crippen LogP contribution in [0.15, 0.2) is 48.7 Å². The number of pyridine rings is 1. The topological polar surface area (TPSA) is 65.9 Å². The van der Waals surface area contributed by atoms with Crippen LogP contribution in [0, 0.1) is 11.6 Å². The van der Waals surface area contributed by atoms with Gasteiger partial charge in [-0.15, -0.1) is 0 Å². The van der Waals surface area contributed by atoms with Crippen molar-refractivity contribution in [2.45, 2.75) is 31.7 Å². The zero-order valence-electron chi connectivity index (χ0n) is 19.9. The van der Waals surface area contributed by atoms with Crippen molar-refractivity contribution in [2.75, 3.05) is 39.8 Å². The van der Waals surface area contributed by atoms with Crippen molar-refractivity contribution >= 4 is 16.9 Å². The van der Waals surface area contributed by atoms with Crippen LogP contribution in [0.5, 0.6) is 5.75 Å². The maximum absolute atomic E-state index is 13.8. The summed E-state index contributed by atoms with van der Waals surface area (Å²) in [7, 11) is 1.64. The van der Waals surface area contributed by atoms with E-state index in [4.69, 9.17) is 4.74 Å². The van der Waals surface area contributed by atoms with Gasteiger partial charge in [0.25, 0.3) is 0 Å². The minimum Gasteiger partial charge on any atom is -0.497 e. The lowest BCUT2D eigenvalue weighted by Crippen LogP contribution is -2.56. The van der Waals surface area contributed by atoms with Gasteiger partial charge < -0.3 is 9.84 Å². The average Bonchev–Trinajstić information content (AvgIpc) is 2.86. The van der Waals surface area contributed by atoms with Crippen LogP contribution in [-0.4, -0.2) is 71.7 Å². The van der Waals surface area contributed by atoms with Crippen LogP contribution >= 0.6 is 0 Å². The fourth-order valence-corrected chi connectivity index (χ4v) is 4.81. The Labute approximate surface area is 204 Å². The van der Waals surface area contributed by atoms with Gasteiger partial charge in [0.15, 0.2) is 0 Å². The van der Waals surface area contributed by atoms with Gasteiger partial charge in [-0.2, -0.15) is 0 Å². The van der Waals surface area contributed by atoms with Crippen molar-refractivity contribution in [2.24, 2.45) is 0 Å². The van der Waals surface area contributed by atoms with Crippen molar-refractivity contribution < 1.29 is 23.4 Å². The minimum absolute atomic E-state index is 0.361. The Balaban J connectivity index is 1.30. The number of fused-ring (bicyclic) bond motifs is 1. The van der Waals surface area contributed by atoms with Crippen LogP contribution in [-0.2, 0) is 17.6 Å². The predicted octanol–water partition coefficient (Wildman–Crippen LogP) is 4.16. The summed E-state index contributed by atoms with van der Waals surface area (Å²) in [6, 6.07) is 10.8. The summed E-state index contributed by atoms with van der Waals surface area (Å²) in [5, 5.41) is 10.9. The molecule has 1 saturated heterocycles. The number of nitrogens with zero attached hydrogens (tertiary/aromatic N) is 3. The zero-order valence-corrected chi connectivity index (χ0v) is 19.9. The molecular formula is C27H31F2N3O3. The normalized spacial score (nSPS) is 17.1. The Morgan fingerprint density at radius 3 is 2.66 bits per heavy atom. The van der Waals surface area contributed by atoms with E-state index in [9.17, 15) is 18.7 Å². The van der Waals surface area contributed by atoms with E-state index in [0.29, 0.717) is 44.6 Å². The summed E-state index contributed by atoms with van der Waals surface area (Å²) in [6.45, 7) is 3.18. The largest absolute Gasteiger partial charge is 0.497 e. The first-order valence-corrected chi connectivity index (χ1v) is 12.0. The third-order valence-corrected chi connectivity index (χ3v) is 6.72. The lowest BCUT2D eigenvalue weighted by atomic mass is 10.0. The molecule has 2 heterocycles. The van der Waals surface area contributed by atoms with Crippen LogP contribution in [0.25, 0.3) is 10.9 Å². The number of aromatic nitrogens is 1. The number of halogens is 2. The van der Waals surface area contributed by atoms with Crippen LogP contribution in [0.1, 0.15) is 24.0 Å². The molecule has 8 heteroatoms. The highest BCUT2D eigenvalue weighted by molar-refractivity contribution is 5.83. The number of carboxylic acids is 1. The molecule has 2 aromatic carbocycles. The first-order valence-electron chi connectivity index (χ1n) is 12.0. The molecule has 1 aliphatic rings. The highest BCUT2D eigenvalue weighted by atomic mass is 19.1. The highest BCUT2D eigenvalue weighted by Crippen LogP contribution is 2.24. The molecule has 4 rings (SSSR count). The maximum Gasteiger partial charge on any atom is 0.322 e. The van der Waals surface area contributed by atoms with Gasteiger partial charge >= 0.3 is 5.97 Å². The SMILES string of the molecule is COc1ccc2nccc(CCCN3CCN(CCCc4cc(F)ccc4F)CC3C(=O)O)c2c1. The number of carboxylic acid groups (broad SMARTS) is 1. The lowest BCUT2D eigenvalue weighted by Gasteiger charge is -2.39. The average molecular weight is 484 g/mol. The van der Waals surface area contributed by atoms with Gasteiger partial charge in [0, 0.05) is 31.2 Å². The van der Waals surface area contributed by atoms with Gasteiger partial charge in [-0.25, -0.2) is 8.78 Å². The predicted molar refractivity (Wildman–Crippen MR) is 131 cm³/mol. The van der Waals surface area contributed by atoms with E-state index in [2.05, 4.69) is 9.88 Å². The smallest absolute Gasteiger partial charge is 0.322 e. The van der Waals surface area contributed by atoms with E-state index in [-0.39, 0.29) is 0 Å². The molecule has 35 heavy (non-hydrogen) atoms. The van der Waals surface area contributed by atoms with Gasteiger partial charge in [-0.05, 0) is 92.4 Å². The summed E-state index contributed by atoms with van der Waals surface area (Å²) < 4.78 is 32.6. The lowest BCUT2D eigenvalue weighted by molar-refractivity contribution is -0.145. The number of carbonyl (C=O) groups is 1. The molecule has 1 aromatic heterocycles. The second-order valence-corrected chi connectivity index (χ2v) is 8.99. The summed E-state index contributed by atoms with van der Waals surface area (Å²) >= 11 is 0. The minimum atomic E-state index is -0.829. The molecule has 0 bridgehead atoms. The van der Waals surface area contributed by atoms with Gasteiger partial charge in [0.05, 0.1) is 12.6 Å². The van der Waals surface area contributed by atoms with Gasteiger partial charge in [0.1, 0.15) is 23.4 Å². The molecule has 186 valence electrons. The third kappa shape index (κ3) is 6.32. The summed E-state index contributed by atoms with van der Waals surface area (Å²) in [5.41, 5.74) is 2.45. The number of rotatable bonds is 10. The number of benzene rings is 2. The Bertz CT molecular complexity index is 1170. The molecule has 0 saturated carbocycles. The fourth-order valence-electron chi connectivity index (χ4n) is 4.81. The summed E-state index contributed by atoms with van der Waals surface area (Å²) in [6.07, 6.45) is 4.52. The van der Waals surface area contributed by atoms with E-state index in [1.165, 1.54) is 11.6 Å². The van der Waals surface area contributed by atoms with Gasteiger partial charge in [-0.1, -0.05) is 0 Å². The van der Waals surface area contributed by atoms with E-state index in [0.717, 1.165) is 48.2 Å². The van der Waals surface area contributed by atoms with Crippen LogP contribution in [0.3, 0.4) is 0 Å². The zero-order chi connectivity index (χ0) is 24.8. The number of methoxy groups -OCH3 is 1. The molecule has 0 spiro atoms. The quantitative estimate of drug-likeness (QED) is 0.467. The van der Waals surface area contributed by atoms with Gasteiger partial charge in [0.2, 0.25) is 0 Å². The van der Waals surface area contributed by atoms with E-state index < -0.39 is 23.6 Å². The third-order valence-electron chi connectivity index (χ3n) is 6.72. The Hall–Kier alpha value is -3.10. The number of hydrogen-bond donors (Lipinski definition) is 1. The van der Waals surface area contributed by atoms with E-state index >= 15 is 0 Å². The molecule has 3 aromatic rings. The number of piperazine rings is 1. The molecule has 6 nitrogen and oxygen atoms in total. The fraction of sp³-hybridized carbons (Fsp3) is 0.407. The molecule has 1 N–H and O–H groups in total. The molecule has 0 radical (unpaired) electrons. The molecule has 1 unspecified atom stereocenters. The maximum atomic E-state index is 13.8. The number of hydrogen-bond acceptors (Lipinski definition) is 5. The molecule has 1 atom stereocenters. The molecule has 1 fully saturated rings. The molecule has 0 aliphatic carbocycles. The van der Waals surface area contributed by atoms with Crippen LogP contribution in [0.4, 0.5) is 8.78 Å². The summed E-state index contributed by atoms with van der Waals surface area (Å²) in [4.78, 5) is 20.6. The Morgan fingerprint density at radius 2 is 1.86 bits per heavy atom. The second-order valence-electron chi connectivity index (χ2n) is 8.99. The van der Waals surface area contributed by atoms with Crippen LogP contribution < -0.4 is 4.74 Å². The van der Waals surface area contributed by atoms with Crippen LogP contribution in [0.2, 0.25) is 0 Å². The van der Waals surface area contributed by atoms with Crippen molar-refractivity contribution in [3.8, 4) is 5.75 Å². The first-order chi connectivity index (χ1) is 16.9. The van der Waals surface area contributed by atoms with Gasteiger partial charge in [-0.3, -0.25) is 19.6 Å². The van der Waals surface area contributed by atoms with E-state index in [1.54, 1.807) is 13.3 Å². The monoisotopic (exact) mass is 483 g/mol. The van der Waals surface area contributed by atoms with Crippen molar-refractivity contribution in [3.05, 3.63) is 71.4 Å². The number of aliphatic carboxylic acids is 1. The Kier molecular flexibility index (Phi) is 8.25. The van der Waals surface area contributed by atoms with Crippen molar-refractivity contribution in [1.29, 1.82) is 0 Å². The number of ether oxygens (including phenoxy) is 1. The second kappa shape index (κ2) is 11.6. The summed E-state index contributed by atoms with van der Waals surface area (Å²) in [5.74, 6) is -0.890. The Morgan fingerprint density at radius 1 is 1.06 bits per heavy atom. The van der Waals surface area contributed by atoms with Crippen molar-refractivity contribution in [1.82, 2.24) is 14.8 Å². The number of aryl methyl sites for hydroxylation is 2. The molecule has 0 amide bonds. The first kappa shape index (κ1) is 25.0. The molecule has 1 aliphatic heterocycles. The highest BCUT2D eigenvalue weighted by Gasteiger charge is 2.31. The standard InChI is InChI=1S/C27H31F2N3O3/c1-35-22-7-9-25-23(17-22)19(10-11-30-25)4-3-13-32-15-14-31(18-26(32)27(33)34)12-2-5-20-16-21(28)6-8-24(20)29/h6-11,16-17,26H,2-5,12-15,18H2,1H3,(H,33,34).